The monoisotopic (exact) mass is 248 g/mol. The molecule has 0 aliphatic rings. The molecule has 3 aromatic rings. The van der Waals surface area contributed by atoms with Crippen molar-refractivity contribution in [1.82, 2.24) is 14.8 Å². The third-order valence-corrected chi connectivity index (χ3v) is 3.05. The van der Waals surface area contributed by atoms with Gasteiger partial charge < -0.3 is 0 Å². The van der Waals surface area contributed by atoms with Gasteiger partial charge in [0.25, 0.3) is 0 Å². The summed E-state index contributed by atoms with van der Waals surface area (Å²) in [5.74, 6) is 0. The Bertz CT molecular complexity index is 657. The molecule has 3 heteroatoms. The Kier molecular flexibility index (Phi) is 3.11. The van der Waals surface area contributed by atoms with E-state index in [0.29, 0.717) is 0 Å². The first-order valence-corrected chi connectivity index (χ1v) is 6.34. The lowest BCUT2D eigenvalue weighted by atomic mass is 10.2. The molecule has 93 valence electrons. The van der Waals surface area contributed by atoms with Gasteiger partial charge in [-0.2, -0.15) is 5.10 Å². The van der Waals surface area contributed by atoms with Crippen LogP contribution in [0.25, 0.3) is 16.9 Å². The molecule has 0 N–H and O–H groups in total. The van der Waals surface area contributed by atoms with E-state index in [-0.39, 0.29) is 0 Å². The Labute approximate surface area is 112 Å². The third-order valence-electron chi connectivity index (χ3n) is 3.05. The Morgan fingerprint density at radius 2 is 2.05 bits per heavy atom. The van der Waals surface area contributed by atoms with Crippen molar-refractivity contribution < 1.29 is 0 Å². The van der Waals surface area contributed by atoms with Crippen LogP contribution in [0.15, 0.2) is 54.9 Å². The number of benzene rings is 1. The lowest BCUT2D eigenvalue weighted by Crippen LogP contribution is -2.00. The van der Waals surface area contributed by atoms with Crippen molar-refractivity contribution in [1.29, 1.82) is 0 Å². The molecule has 0 saturated heterocycles. The molecule has 0 bridgehead atoms. The second-order valence-electron chi connectivity index (χ2n) is 4.29. The zero-order valence-electron chi connectivity index (χ0n) is 10.7. The van der Waals surface area contributed by atoms with Gasteiger partial charge in [-0.15, -0.1) is 0 Å². The van der Waals surface area contributed by atoms with Gasteiger partial charge in [-0.25, -0.2) is 4.68 Å². The molecule has 0 spiro atoms. The number of aryl methyl sites for hydroxylation is 1. The van der Waals surface area contributed by atoms with Crippen LogP contribution < -0.4 is 0 Å². The maximum Gasteiger partial charge on any atom is 0.0945 e. The SMILES string of the molecule is CCc1cc(-c2cccnc2)nn1-c1cc[c]cc1. The quantitative estimate of drug-likeness (QED) is 0.712. The van der Waals surface area contributed by atoms with Gasteiger partial charge in [-0.1, -0.05) is 19.1 Å². The molecule has 0 atom stereocenters. The largest absolute Gasteiger partial charge is 0.264 e. The lowest BCUT2D eigenvalue weighted by molar-refractivity contribution is 0.816. The standard InChI is InChI=1S/C16H14N3/c1-2-14-11-16(13-7-6-10-17-12-13)18-19(14)15-8-4-3-5-9-15/h4-12H,2H2,1H3. The van der Waals surface area contributed by atoms with Crippen LogP contribution in [0.2, 0.25) is 0 Å². The van der Waals surface area contributed by atoms with Crippen LogP contribution in [0, 0.1) is 6.07 Å². The van der Waals surface area contributed by atoms with Gasteiger partial charge in [0.05, 0.1) is 11.4 Å². The summed E-state index contributed by atoms with van der Waals surface area (Å²) in [5.41, 5.74) is 4.24. The summed E-state index contributed by atoms with van der Waals surface area (Å²) < 4.78 is 1.98. The van der Waals surface area contributed by atoms with E-state index >= 15 is 0 Å². The van der Waals surface area contributed by atoms with E-state index in [9.17, 15) is 0 Å². The number of pyridine rings is 1. The van der Waals surface area contributed by atoms with Gasteiger partial charge in [-0.3, -0.25) is 4.98 Å². The van der Waals surface area contributed by atoms with Gasteiger partial charge >= 0.3 is 0 Å². The first kappa shape index (κ1) is 11.7. The fraction of sp³-hybridized carbons (Fsp3) is 0.125. The van der Waals surface area contributed by atoms with Gasteiger partial charge in [0.2, 0.25) is 0 Å². The second kappa shape index (κ2) is 5.06. The fourth-order valence-corrected chi connectivity index (χ4v) is 2.07. The van der Waals surface area contributed by atoms with Crippen molar-refractivity contribution in [3.63, 3.8) is 0 Å². The van der Waals surface area contributed by atoms with Crippen molar-refractivity contribution in [2.24, 2.45) is 0 Å². The highest BCUT2D eigenvalue weighted by atomic mass is 15.3. The van der Waals surface area contributed by atoms with Gasteiger partial charge in [0, 0.05) is 23.7 Å². The summed E-state index contributed by atoms with van der Waals surface area (Å²) in [6.45, 7) is 2.13. The molecular formula is C16H14N3. The Morgan fingerprint density at radius 3 is 2.74 bits per heavy atom. The first-order chi connectivity index (χ1) is 9.38. The smallest absolute Gasteiger partial charge is 0.0945 e. The number of hydrogen-bond donors (Lipinski definition) is 0. The molecule has 1 radical (unpaired) electrons. The van der Waals surface area contributed by atoms with Crippen molar-refractivity contribution in [3.05, 3.63) is 66.6 Å². The normalized spacial score (nSPS) is 10.6. The van der Waals surface area contributed by atoms with Gasteiger partial charge in [-0.05, 0) is 42.8 Å². The molecule has 3 rings (SSSR count). The highest BCUT2D eigenvalue weighted by Gasteiger charge is 2.09. The minimum absolute atomic E-state index is 0.936. The minimum Gasteiger partial charge on any atom is -0.264 e. The van der Waals surface area contributed by atoms with E-state index in [0.717, 1.165) is 23.4 Å². The molecule has 2 aromatic heterocycles. The summed E-state index contributed by atoms with van der Waals surface area (Å²) in [6.07, 6.45) is 4.55. The van der Waals surface area contributed by atoms with E-state index in [1.54, 1.807) is 6.20 Å². The Morgan fingerprint density at radius 1 is 1.21 bits per heavy atom. The van der Waals surface area contributed by atoms with E-state index in [2.05, 4.69) is 29.1 Å². The zero-order valence-corrected chi connectivity index (χ0v) is 10.7. The predicted molar refractivity (Wildman–Crippen MR) is 75.0 cm³/mol. The highest BCUT2D eigenvalue weighted by Crippen LogP contribution is 2.21. The van der Waals surface area contributed by atoms with Crippen molar-refractivity contribution in [2.75, 3.05) is 0 Å². The average molecular weight is 248 g/mol. The summed E-state index contributed by atoms with van der Waals surface area (Å²) in [5, 5.41) is 4.68. The van der Waals surface area contributed by atoms with Crippen LogP contribution >= 0.6 is 0 Å². The van der Waals surface area contributed by atoms with E-state index in [1.807, 2.05) is 47.3 Å². The van der Waals surface area contributed by atoms with Crippen LogP contribution in [-0.4, -0.2) is 14.8 Å². The van der Waals surface area contributed by atoms with E-state index in [4.69, 9.17) is 0 Å². The highest BCUT2D eigenvalue weighted by molar-refractivity contribution is 5.58. The third kappa shape index (κ3) is 2.27. The molecule has 0 unspecified atom stereocenters. The lowest BCUT2D eigenvalue weighted by Gasteiger charge is -2.04. The van der Waals surface area contributed by atoms with Gasteiger partial charge in [0.1, 0.15) is 0 Å². The molecule has 1 aromatic carbocycles. The van der Waals surface area contributed by atoms with E-state index < -0.39 is 0 Å². The molecule has 0 aliphatic carbocycles. The molecule has 0 fully saturated rings. The average Bonchev–Trinajstić information content (AvgIpc) is 2.93. The summed E-state index contributed by atoms with van der Waals surface area (Å²) in [7, 11) is 0. The second-order valence-corrected chi connectivity index (χ2v) is 4.29. The number of hydrogen-bond acceptors (Lipinski definition) is 2. The molecule has 19 heavy (non-hydrogen) atoms. The predicted octanol–water partition coefficient (Wildman–Crippen LogP) is 3.30. The number of nitrogens with zero attached hydrogens (tertiary/aromatic N) is 3. The van der Waals surface area contributed by atoms with E-state index in [1.165, 1.54) is 5.69 Å². The first-order valence-electron chi connectivity index (χ1n) is 6.34. The molecule has 3 nitrogen and oxygen atoms in total. The van der Waals surface area contributed by atoms with Crippen molar-refractivity contribution in [3.8, 4) is 16.9 Å². The number of aromatic nitrogens is 3. The summed E-state index contributed by atoms with van der Waals surface area (Å²) in [6, 6.07) is 16.9. The van der Waals surface area contributed by atoms with Crippen LogP contribution in [0.5, 0.6) is 0 Å². The van der Waals surface area contributed by atoms with Crippen LogP contribution in [0.4, 0.5) is 0 Å². The Balaban J connectivity index is 2.09. The molecular weight excluding hydrogens is 234 g/mol. The maximum atomic E-state index is 4.68. The molecule has 0 aliphatic heterocycles. The number of rotatable bonds is 3. The maximum absolute atomic E-state index is 4.68. The zero-order chi connectivity index (χ0) is 13.1. The van der Waals surface area contributed by atoms with Gasteiger partial charge in [0.15, 0.2) is 0 Å². The van der Waals surface area contributed by atoms with Crippen molar-refractivity contribution >= 4 is 0 Å². The van der Waals surface area contributed by atoms with Crippen LogP contribution in [0.3, 0.4) is 0 Å². The topological polar surface area (TPSA) is 30.7 Å². The summed E-state index contributed by atoms with van der Waals surface area (Å²) >= 11 is 0. The molecule has 0 saturated carbocycles. The van der Waals surface area contributed by atoms with Crippen LogP contribution in [0.1, 0.15) is 12.6 Å². The fourth-order valence-electron chi connectivity index (χ4n) is 2.07. The summed E-state index contributed by atoms with van der Waals surface area (Å²) in [4.78, 5) is 4.14. The van der Waals surface area contributed by atoms with Crippen molar-refractivity contribution in [2.45, 2.75) is 13.3 Å². The van der Waals surface area contributed by atoms with Crippen LogP contribution in [-0.2, 0) is 6.42 Å². The molecule has 0 amide bonds. The minimum atomic E-state index is 0.936. The Hall–Kier alpha value is -2.42. The molecule has 2 heterocycles.